The van der Waals surface area contributed by atoms with Crippen LogP contribution in [0, 0.1) is 0 Å². The van der Waals surface area contributed by atoms with Crippen molar-refractivity contribution in [3.8, 4) is 0 Å². The van der Waals surface area contributed by atoms with Crippen LogP contribution in [0.1, 0.15) is 46.1 Å². The molecule has 2 heterocycles. The van der Waals surface area contributed by atoms with Gasteiger partial charge < -0.3 is 10.1 Å². The number of esters is 1. The lowest BCUT2D eigenvalue weighted by Gasteiger charge is -2.14. The van der Waals surface area contributed by atoms with Crippen molar-refractivity contribution in [1.82, 2.24) is 4.90 Å². The quantitative estimate of drug-likeness (QED) is 0.316. The van der Waals surface area contributed by atoms with Gasteiger partial charge in [-0.15, -0.1) is 11.3 Å². The molecule has 4 rings (SSSR count). The van der Waals surface area contributed by atoms with Crippen LogP contribution >= 0.6 is 46.9 Å². The number of fused-ring (bicyclic) bond motifs is 1. The number of amides is 2. The van der Waals surface area contributed by atoms with E-state index in [9.17, 15) is 14.4 Å². The van der Waals surface area contributed by atoms with Crippen molar-refractivity contribution in [2.24, 2.45) is 0 Å². The number of thioether (sulfide) groups is 1. The Hall–Kier alpha value is -2.20. The van der Waals surface area contributed by atoms with Gasteiger partial charge in [0.2, 0.25) is 5.91 Å². The summed E-state index contributed by atoms with van der Waals surface area (Å²) in [6, 6.07) is 7.18. The predicted octanol–water partition coefficient (Wildman–Crippen LogP) is 5.30. The summed E-state index contributed by atoms with van der Waals surface area (Å²) in [5.74, 6) is -1.20. The van der Waals surface area contributed by atoms with Crippen molar-refractivity contribution >= 4 is 80.1 Å². The lowest BCUT2D eigenvalue weighted by molar-refractivity contribution is -0.126. The summed E-state index contributed by atoms with van der Waals surface area (Å²) in [7, 11) is 0. The van der Waals surface area contributed by atoms with Gasteiger partial charge in [-0.25, -0.2) is 4.79 Å². The van der Waals surface area contributed by atoms with E-state index in [2.05, 4.69) is 5.32 Å². The molecule has 1 N–H and O–H groups in total. The number of rotatable bonds is 6. The van der Waals surface area contributed by atoms with E-state index >= 15 is 0 Å². The zero-order chi connectivity index (χ0) is 23.5. The smallest absolute Gasteiger partial charge is 0.341 e. The molecule has 0 saturated carbocycles. The summed E-state index contributed by atoms with van der Waals surface area (Å²) in [4.78, 5) is 41.1. The first-order chi connectivity index (χ1) is 15.9. The Kier molecular flexibility index (Phi) is 7.53. The monoisotopic (exact) mass is 520 g/mol. The Morgan fingerprint density at radius 1 is 1.27 bits per heavy atom. The largest absolute Gasteiger partial charge is 0.462 e. The van der Waals surface area contributed by atoms with Gasteiger partial charge in [0.15, 0.2) is 0 Å². The zero-order valence-corrected chi connectivity index (χ0v) is 21.0. The molecule has 2 aromatic rings. The second-order valence-electron chi connectivity index (χ2n) is 7.47. The van der Waals surface area contributed by atoms with Crippen molar-refractivity contribution in [2.45, 2.75) is 32.6 Å². The summed E-state index contributed by atoms with van der Waals surface area (Å²) in [6.07, 6.45) is 5.39. The van der Waals surface area contributed by atoms with Crippen molar-refractivity contribution in [3.63, 3.8) is 0 Å². The Labute approximate surface area is 210 Å². The van der Waals surface area contributed by atoms with Crippen molar-refractivity contribution in [3.05, 3.63) is 55.8 Å². The number of hydrogen-bond acceptors (Lipinski definition) is 7. The fraction of sp³-hybridized carbons (Fsp3) is 0.304. The molecule has 0 atom stereocenters. The van der Waals surface area contributed by atoms with Gasteiger partial charge in [-0.2, -0.15) is 0 Å². The fourth-order valence-electron chi connectivity index (χ4n) is 3.75. The topological polar surface area (TPSA) is 75.7 Å². The van der Waals surface area contributed by atoms with Gasteiger partial charge in [0, 0.05) is 9.90 Å². The number of benzene rings is 1. The molecule has 1 aromatic carbocycles. The van der Waals surface area contributed by atoms with E-state index < -0.39 is 11.9 Å². The molecule has 0 spiro atoms. The minimum atomic E-state index is -0.430. The maximum absolute atomic E-state index is 12.9. The van der Waals surface area contributed by atoms with Gasteiger partial charge >= 0.3 is 5.97 Å². The van der Waals surface area contributed by atoms with Crippen molar-refractivity contribution in [1.29, 1.82) is 0 Å². The minimum Gasteiger partial charge on any atom is -0.462 e. The maximum Gasteiger partial charge on any atom is 0.341 e. The highest BCUT2D eigenvalue weighted by atomic mass is 35.5. The standard InChI is InChI=1S/C23H21ClN2O4S3/c1-2-30-22(29)19-14-8-4-6-10-16(14)32-20(19)25-18(27)12-26-21(28)17(33-23(26)31)11-13-7-3-5-9-15(13)24/h3,5,7,9,11H,2,4,6,8,10,12H2,1H3,(H,25,27). The molecule has 33 heavy (non-hydrogen) atoms. The van der Waals surface area contributed by atoms with Crippen LogP contribution in [0.5, 0.6) is 0 Å². The van der Waals surface area contributed by atoms with Gasteiger partial charge in [-0.3, -0.25) is 14.5 Å². The minimum absolute atomic E-state index is 0.241. The van der Waals surface area contributed by atoms with Crippen LogP contribution in [-0.2, 0) is 27.2 Å². The summed E-state index contributed by atoms with van der Waals surface area (Å²) in [5, 5.41) is 3.82. The Morgan fingerprint density at radius 2 is 2.03 bits per heavy atom. The van der Waals surface area contributed by atoms with Crippen LogP contribution in [0.4, 0.5) is 5.00 Å². The predicted molar refractivity (Wildman–Crippen MR) is 137 cm³/mol. The number of ether oxygens (including phenoxy) is 1. The van der Waals surface area contributed by atoms with Crippen LogP contribution in [0.15, 0.2) is 29.2 Å². The number of halogens is 1. The summed E-state index contributed by atoms with van der Waals surface area (Å²) in [6.45, 7) is 1.76. The molecule has 2 amide bonds. The zero-order valence-electron chi connectivity index (χ0n) is 17.8. The van der Waals surface area contributed by atoms with Gasteiger partial charge in [0.25, 0.3) is 5.91 Å². The van der Waals surface area contributed by atoms with E-state index in [0.29, 0.717) is 30.4 Å². The lowest BCUT2D eigenvalue weighted by Crippen LogP contribution is -2.36. The highest BCUT2D eigenvalue weighted by Gasteiger charge is 2.34. The molecule has 1 aliphatic carbocycles. The first-order valence-electron chi connectivity index (χ1n) is 10.5. The Balaban J connectivity index is 1.51. The third-order valence-corrected chi connectivity index (χ3v) is 8.20. The molecule has 1 saturated heterocycles. The Bertz CT molecular complexity index is 1170. The molecule has 0 radical (unpaired) electrons. The summed E-state index contributed by atoms with van der Waals surface area (Å²) < 4.78 is 5.53. The maximum atomic E-state index is 12.9. The number of nitrogens with one attached hydrogen (secondary N) is 1. The number of hydrogen-bond donors (Lipinski definition) is 1. The van der Waals surface area contributed by atoms with Crippen molar-refractivity contribution < 1.29 is 19.1 Å². The van der Waals surface area contributed by atoms with Gasteiger partial charge in [0.05, 0.1) is 17.1 Å². The van der Waals surface area contributed by atoms with E-state index in [0.717, 1.165) is 47.9 Å². The molecule has 1 aromatic heterocycles. The average Bonchev–Trinajstić information content (AvgIpc) is 3.27. The second kappa shape index (κ2) is 10.4. The number of thiocarbonyl (C=S) groups is 1. The summed E-state index contributed by atoms with van der Waals surface area (Å²) >= 11 is 14.1. The van der Waals surface area contributed by atoms with Crippen LogP contribution in [0.3, 0.4) is 0 Å². The number of carbonyl (C=O) groups is 3. The molecular weight excluding hydrogens is 500 g/mol. The van der Waals surface area contributed by atoms with Crippen LogP contribution in [-0.4, -0.2) is 40.2 Å². The van der Waals surface area contributed by atoms with Gasteiger partial charge in [-0.05, 0) is 55.9 Å². The van der Waals surface area contributed by atoms with Crippen LogP contribution in [0.2, 0.25) is 5.02 Å². The molecule has 10 heteroatoms. The highest BCUT2D eigenvalue weighted by Crippen LogP contribution is 2.39. The first kappa shape index (κ1) is 23.9. The van der Waals surface area contributed by atoms with E-state index in [1.165, 1.54) is 16.2 Å². The molecule has 1 aliphatic heterocycles. The lowest BCUT2D eigenvalue weighted by atomic mass is 9.95. The average molecular weight is 521 g/mol. The fourth-order valence-corrected chi connectivity index (χ4v) is 6.48. The van der Waals surface area contributed by atoms with E-state index in [4.69, 9.17) is 28.6 Å². The molecular formula is C23H21ClN2O4S3. The number of carbonyl (C=O) groups excluding carboxylic acids is 3. The SMILES string of the molecule is CCOC(=O)c1c(NC(=O)CN2C(=O)C(=Cc3ccccc3Cl)SC2=S)sc2c1CCCC2. The molecule has 2 aliphatic rings. The first-order valence-corrected chi connectivity index (χ1v) is 12.9. The van der Waals surface area contributed by atoms with Crippen LogP contribution in [0.25, 0.3) is 6.08 Å². The second-order valence-corrected chi connectivity index (χ2v) is 10.7. The Morgan fingerprint density at radius 3 is 2.79 bits per heavy atom. The van der Waals surface area contributed by atoms with E-state index in [1.807, 2.05) is 12.1 Å². The van der Waals surface area contributed by atoms with Crippen molar-refractivity contribution in [2.75, 3.05) is 18.5 Å². The molecule has 6 nitrogen and oxygen atoms in total. The number of anilines is 1. The third kappa shape index (κ3) is 5.16. The van der Waals surface area contributed by atoms with Crippen LogP contribution < -0.4 is 5.32 Å². The molecule has 0 bridgehead atoms. The number of aryl methyl sites for hydroxylation is 1. The number of thiophene rings is 1. The van der Waals surface area contributed by atoms with Gasteiger partial charge in [-0.1, -0.05) is 53.8 Å². The summed E-state index contributed by atoms with van der Waals surface area (Å²) in [5.41, 5.74) is 2.11. The van der Waals surface area contributed by atoms with E-state index in [-0.39, 0.29) is 19.1 Å². The highest BCUT2D eigenvalue weighted by molar-refractivity contribution is 8.26. The number of nitrogens with zero attached hydrogens (tertiary/aromatic N) is 1. The normalized spacial score (nSPS) is 16.8. The molecule has 1 fully saturated rings. The third-order valence-electron chi connectivity index (χ3n) is 5.27. The molecule has 0 unspecified atom stereocenters. The van der Waals surface area contributed by atoms with Gasteiger partial charge in [0.1, 0.15) is 15.9 Å². The van der Waals surface area contributed by atoms with E-state index in [1.54, 1.807) is 25.1 Å². The molecule has 172 valence electrons.